The molecule has 0 bridgehead atoms. The zero-order valence-corrected chi connectivity index (χ0v) is 12.5. The number of nitrogens with one attached hydrogen (secondary N) is 2. The van der Waals surface area contributed by atoms with Crippen molar-refractivity contribution in [2.75, 3.05) is 30.9 Å². The molecule has 0 aliphatic heterocycles. The molecule has 0 fully saturated rings. The quantitative estimate of drug-likeness (QED) is 0.766. The van der Waals surface area contributed by atoms with Crippen molar-refractivity contribution in [3.8, 4) is 0 Å². The van der Waals surface area contributed by atoms with Crippen molar-refractivity contribution < 1.29 is 18.3 Å². The summed E-state index contributed by atoms with van der Waals surface area (Å²) in [6.07, 6.45) is 2.21. The largest absolute Gasteiger partial charge is 0.385 e. The van der Waals surface area contributed by atoms with Gasteiger partial charge in [-0.3, -0.25) is 4.79 Å². The van der Waals surface area contributed by atoms with Gasteiger partial charge in [-0.2, -0.15) is 0 Å². The normalized spacial score (nSPS) is 10.4. The van der Waals surface area contributed by atoms with Crippen LogP contribution in [0.1, 0.15) is 16.9 Å². The molecular weight excluding hydrogens is 306 g/mol. The van der Waals surface area contributed by atoms with Crippen LogP contribution in [0.15, 0.2) is 30.5 Å². The molecule has 8 heteroatoms. The van der Waals surface area contributed by atoms with Gasteiger partial charge < -0.3 is 15.4 Å². The van der Waals surface area contributed by atoms with Crippen LogP contribution < -0.4 is 10.6 Å². The Labute approximate surface area is 131 Å². The van der Waals surface area contributed by atoms with Crippen LogP contribution in [-0.4, -0.2) is 36.1 Å². The van der Waals surface area contributed by atoms with E-state index in [0.29, 0.717) is 19.1 Å². The Hall–Kier alpha value is -2.61. The Balaban J connectivity index is 2.00. The summed E-state index contributed by atoms with van der Waals surface area (Å²) in [6.45, 7) is 1.20. The van der Waals surface area contributed by atoms with E-state index in [4.69, 9.17) is 4.74 Å². The SMILES string of the molecule is COCCCNc1nccc(C(=O)Nc2ccc(F)c(F)c2)n1. The molecule has 1 heterocycles. The van der Waals surface area contributed by atoms with Gasteiger partial charge in [-0.05, 0) is 24.6 Å². The first kappa shape index (κ1) is 16.8. The third kappa shape index (κ3) is 4.96. The molecule has 0 atom stereocenters. The summed E-state index contributed by atoms with van der Waals surface area (Å²) >= 11 is 0. The van der Waals surface area contributed by atoms with E-state index in [1.165, 1.54) is 18.3 Å². The van der Waals surface area contributed by atoms with Crippen molar-refractivity contribution in [1.29, 1.82) is 0 Å². The Morgan fingerprint density at radius 3 is 2.83 bits per heavy atom. The maximum atomic E-state index is 13.1. The first-order valence-corrected chi connectivity index (χ1v) is 6.92. The van der Waals surface area contributed by atoms with Gasteiger partial charge in [0, 0.05) is 38.2 Å². The summed E-state index contributed by atoms with van der Waals surface area (Å²) < 4.78 is 30.9. The van der Waals surface area contributed by atoms with E-state index in [-0.39, 0.29) is 11.4 Å². The fraction of sp³-hybridized carbons (Fsp3) is 0.267. The molecule has 6 nitrogen and oxygen atoms in total. The second kappa shape index (κ2) is 8.14. The third-order valence-electron chi connectivity index (χ3n) is 2.87. The number of aromatic nitrogens is 2. The van der Waals surface area contributed by atoms with Crippen molar-refractivity contribution in [2.24, 2.45) is 0 Å². The molecule has 23 heavy (non-hydrogen) atoms. The summed E-state index contributed by atoms with van der Waals surface area (Å²) in [7, 11) is 1.61. The Morgan fingerprint density at radius 1 is 1.26 bits per heavy atom. The van der Waals surface area contributed by atoms with Gasteiger partial charge in [-0.25, -0.2) is 18.7 Å². The molecule has 0 aliphatic rings. The minimum atomic E-state index is -1.04. The summed E-state index contributed by atoms with van der Waals surface area (Å²) in [6, 6.07) is 4.53. The lowest BCUT2D eigenvalue weighted by Gasteiger charge is -2.07. The highest BCUT2D eigenvalue weighted by atomic mass is 19.2. The number of hydrogen-bond acceptors (Lipinski definition) is 5. The van der Waals surface area contributed by atoms with E-state index in [9.17, 15) is 13.6 Å². The van der Waals surface area contributed by atoms with Crippen molar-refractivity contribution >= 4 is 17.5 Å². The lowest BCUT2D eigenvalue weighted by Crippen LogP contribution is -2.16. The van der Waals surface area contributed by atoms with E-state index in [1.807, 2.05) is 0 Å². The van der Waals surface area contributed by atoms with E-state index in [2.05, 4.69) is 20.6 Å². The number of rotatable bonds is 7. The van der Waals surface area contributed by atoms with Crippen LogP contribution in [0.5, 0.6) is 0 Å². The first-order valence-electron chi connectivity index (χ1n) is 6.92. The van der Waals surface area contributed by atoms with Crippen LogP contribution in [0.4, 0.5) is 20.4 Å². The summed E-state index contributed by atoms with van der Waals surface area (Å²) in [5.74, 6) is -2.25. The standard InChI is InChI=1S/C15H16F2N4O2/c1-23-8-2-6-18-15-19-7-5-13(21-15)14(22)20-10-3-4-11(16)12(17)9-10/h3-5,7,9H,2,6,8H2,1H3,(H,20,22)(H,18,19,21). The molecule has 0 unspecified atom stereocenters. The molecular formula is C15H16F2N4O2. The average molecular weight is 322 g/mol. The van der Waals surface area contributed by atoms with E-state index >= 15 is 0 Å². The maximum absolute atomic E-state index is 13.1. The molecule has 122 valence electrons. The smallest absolute Gasteiger partial charge is 0.274 e. The van der Waals surface area contributed by atoms with E-state index < -0.39 is 17.5 Å². The Bertz CT molecular complexity index is 682. The van der Waals surface area contributed by atoms with Crippen LogP contribution in [0, 0.1) is 11.6 Å². The van der Waals surface area contributed by atoms with Crippen molar-refractivity contribution in [1.82, 2.24) is 9.97 Å². The number of carbonyl (C=O) groups excluding carboxylic acids is 1. The van der Waals surface area contributed by atoms with Gasteiger partial charge in [0.2, 0.25) is 5.95 Å². The van der Waals surface area contributed by atoms with Gasteiger partial charge in [0.15, 0.2) is 11.6 Å². The number of halogens is 2. The molecule has 2 N–H and O–H groups in total. The molecule has 0 radical (unpaired) electrons. The predicted molar refractivity (Wildman–Crippen MR) is 81.3 cm³/mol. The van der Waals surface area contributed by atoms with Crippen molar-refractivity contribution in [2.45, 2.75) is 6.42 Å². The monoisotopic (exact) mass is 322 g/mol. The van der Waals surface area contributed by atoms with Gasteiger partial charge in [0.25, 0.3) is 5.91 Å². The number of carbonyl (C=O) groups is 1. The number of amides is 1. The first-order chi connectivity index (χ1) is 11.1. The lowest BCUT2D eigenvalue weighted by atomic mass is 10.3. The number of anilines is 2. The van der Waals surface area contributed by atoms with Gasteiger partial charge in [0.1, 0.15) is 5.69 Å². The van der Waals surface area contributed by atoms with Gasteiger partial charge in [-0.1, -0.05) is 0 Å². The number of ether oxygens (including phenoxy) is 1. The van der Waals surface area contributed by atoms with Gasteiger partial charge in [0.05, 0.1) is 0 Å². The number of hydrogen-bond donors (Lipinski definition) is 2. The van der Waals surface area contributed by atoms with Crippen LogP contribution in [0.2, 0.25) is 0 Å². The average Bonchev–Trinajstić information content (AvgIpc) is 2.55. The molecule has 0 saturated carbocycles. The molecule has 1 aromatic carbocycles. The minimum absolute atomic E-state index is 0.110. The second-order valence-corrected chi connectivity index (χ2v) is 4.62. The summed E-state index contributed by atoms with van der Waals surface area (Å²) in [4.78, 5) is 20.1. The van der Waals surface area contributed by atoms with Crippen LogP contribution in [0.3, 0.4) is 0 Å². The molecule has 1 aromatic heterocycles. The third-order valence-corrected chi connectivity index (χ3v) is 2.87. The fourth-order valence-electron chi connectivity index (χ4n) is 1.76. The van der Waals surface area contributed by atoms with Crippen LogP contribution in [0.25, 0.3) is 0 Å². The maximum Gasteiger partial charge on any atom is 0.274 e. The molecule has 0 saturated heterocycles. The zero-order valence-electron chi connectivity index (χ0n) is 12.5. The van der Waals surface area contributed by atoms with Crippen LogP contribution in [-0.2, 0) is 4.74 Å². The Kier molecular flexibility index (Phi) is 5.93. The zero-order chi connectivity index (χ0) is 16.7. The van der Waals surface area contributed by atoms with Crippen LogP contribution >= 0.6 is 0 Å². The molecule has 2 aromatic rings. The number of benzene rings is 1. The molecule has 2 rings (SSSR count). The van der Waals surface area contributed by atoms with E-state index in [0.717, 1.165) is 18.6 Å². The number of methoxy groups -OCH3 is 1. The van der Waals surface area contributed by atoms with Gasteiger partial charge >= 0.3 is 0 Å². The highest BCUT2D eigenvalue weighted by Crippen LogP contribution is 2.14. The Morgan fingerprint density at radius 2 is 2.09 bits per heavy atom. The highest BCUT2D eigenvalue weighted by molar-refractivity contribution is 6.02. The lowest BCUT2D eigenvalue weighted by molar-refractivity contribution is 0.102. The number of nitrogens with zero attached hydrogens (tertiary/aromatic N) is 2. The fourth-order valence-corrected chi connectivity index (χ4v) is 1.76. The topological polar surface area (TPSA) is 76.1 Å². The van der Waals surface area contributed by atoms with Crippen molar-refractivity contribution in [3.05, 3.63) is 47.8 Å². The van der Waals surface area contributed by atoms with E-state index in [1.54, 1.807) is 7.11 Å². The summed E-state index contributed by atoms with van der Waals surface area (Å²) in [5, 5.41) is 5.41. The molecule has 0 aliphatic carbocycles. The predicted octanol–water partition coefficient (Wildman–Crippen LogP) is 2.46. The molecule has 1 amide bonds. The molecule has 0 spiro atoms. The minimum Gasteiger partial charge on any atom is -0.385 e. The highest BCUT2D eigenvalue weighted by Gasteiger charge is 2.10. The van der Waals surface area contributed by atoms with Gasteiger partial charge in [-0.15, -0.1) is 0 Å². The summed E-state index contributed by atoms with van der Waals surface area (Å²) in [5.41, 5.74) is 0.251. The van der Waals surface area contributed by atoms with Crippen molar-refractivity contribution in [3.63, 3.8) is 0 Å². The second-order valence-electron chi connectivity index (χ2n) is 4.62.